The third-order valence-electron chi connectivity index (χ3n) is 3.20. The van der Waals surface area contributed by atoms with Gasteiger partial charge in [0.05, 0.1) is 32.8 Å². The first-order chi connectivity index (χ1) is 10.7. The van der Waals surface area contributed by atoms with Crippen LogP contribution < -0.4 is 5.32 Å². The average molecular weight is 380 g/mol. The molecule has 0 saturated heterocycles. The zero-order valence-electron chi connectivity index (χ0n) is 11.6. The van der Waals surface area contributed by atoms with Crippen LogP contribution in [0.1, 0.15) is 9.67 Å². The molecule has 0 spiro atoms. The minimum Gasteiger partial charge on any atom is -0.395 e. The van der Waals surface area contributed by atoms with E-state index in [4.69, 9.17) is 5.11 Å². The van der Waals surface area contributed by atoms with Crippen LogP contribution in [0.5, 0.6) is 0 Å². The average Bonchev–Trinajstić information content (AvgIpc) is 3.10. The highest BCUT2D eigenvalue weighted by Crippen LogP contribution is 2.25. The number of aliphatic hydroxyl groups is 1. The SMILES string of the molecule is O=C(Cn1c(NCCO)nc2ccccc21)c1ccc(Br)s1. The molecule has 5 nitrogen and oxygen atoms in total. The quantitative estimate of drug-likeness (QED) is 0.645. The number of para-hydroxylation sites is 2. The Bertz CT molecular complexity index is 812. The van der Waals surface area contributed by atoms with E-state index in [0.717, 1.165) is 14.8 Å². The maximum Gasteiger partial charge on any atom is 0.204 e. The molecule has 2 heterocycles. The third-order valence-corrected chi connectivity index (χ3v) is 4.86. The smallest absolute Gasteiger partial charge is 0.204 e. The summed E-state index contributed by atoms with van der Waals surface area (Å²) in [5.74, 6) is 0.630. The van der Waals surface area contributed by atoms with Gasteiger partial charge < -0.3 is 15.0 Å². The number of thiophene rings is 1. The minimum absolute atomic E-state index is 0.00895. The topological polar surface area (TPSA) is 67.2 Å². The number of benzene rings is 1. The van der Waals surface area contributed by atoms with Crippen molar-refractivity contribution < 1.29 is 9.90 Å². The van der Waals surface area contributed by atoms with Crippen LogP contribution in [0.4, 0.5) is 5.95 Å². The second-order valence-electron chi connectivity index (χ2n) is 4.69. The summed E-state index contributed by atoms with van der Waals surface area (Å²) in [5.41, 5.74) is 1.72. The monoisotopic (exact) mass is 379 g/mol. The molecule has 0 aliphatic rings. The van der Waals surface area contributed by atoms with Crippen molar-refractivity contribution >= 4 is 50.0 Å². The van der Waals surface area contributed by atoms with Gasteiger partial charge in [0.25, 0.3) is 0 Å². The molecule has 0 unspecified atom stereocenters. The van der Waals surface area contributed by atoms with Gasteiger partial charge in [0.15, 0.2) is 5.78 Å². The van der Waals surface area contributed by atoms with Gasteiger partial charge in [-0.05, 0) is 40.2 Å². The van der Waals surface area contributed by atoms with Crippen LogP contribution in [0.15, 0.2) is 40.2 Å². The number of aromatic nitrogens is 2. The molecule has 7 heteroatoms. The molecule has 0 bridgehead atoms. The summed E-state index contributed by atoms with van der Waals surface area (Å²) >= 11 is 4.79. The highest BCUT2D eigenvalue weighted by atomic mass is 79.9. The van der Waals surface area contributed by atoms with Crippen molar-refractivity contribution in [1.82, 2.24) is 9.55 Å². The Balaban J connectivity index is 1.95. The van der Waals surface area contributed by atoms with Gasteiger partial charge in [-0.3, -0.25) is 4.79 Å². The molecule has 1 aromatic carbocycles. The Morgan fingerprint density at radius 1 is 1.32 bits per heavy atom. The lowest BCUT2D eigenvalue weighted by Gasteiger charge is -2.08. The Morgan fingerprint density at radius 3 is 2.86 bits per heavy atom. The summed E-state index contributed by atoms with van der Waals surface area (Å²) in [6.07, 6.45) is 0. The second kappa shape index (κ2) is 6.60. The number of carbonyl (C=O) groups is 1. The molecular weight excluding hydrogens is 366 g/mol. The van der Waals surface area contributed by atoms with Crippen LogP contribution in [0.3, 0.4) is 0 Å². The van der Waals surface area contributed by atoms with E-state index >= 15 is 0 Å². The molecule has 0 aliphatic heterocycles. The molecule has 0 saturated carbocycles. The molecule has 3 aromatic rings. The largest absolute Gasteiger partial charge is 0.395 e. The molecule has 2 N–H and O–H groups in total. The summed E-state index contributed by atoms with van der Waals surface area (Å²) in [5, 5.41) is 12.0. The van der Waals surface area contributed by atoms with E-state index in [9.17, 15) is 4.79 Å². The number of Topliss-reactive ketones (excluding diaryl/α,β-unsaturated/α-hetero) is 1. The third kappa shape index (κ3) is 3.06. The van der Waals surface area contributed by atoms with Crippen LogP contribution in [0.25, 0.3) is 11.0 Å². The van der Waals surface area contributed by atoms with E-state index in [1.54, 1.807) is 0 Å². The fourth-order valence-electron chi connectivity index (χ4n) is 2.22. The predicted octanol–water partition coefficient (Wildman–Crippen LogP) is 3.15. The minimum atomic E-state index is 0.00895. The van der Waals surface area contributed by atoms with Gasteiger partial charge >= 0.3 is 0 Å². The van der Waals surface area contributed by atoms with Crippen molar-refractivity contribution in [3.8, 4) is 0 Å². The molecule has 0 atom stereocenters. The molecule has 0 fully saturated rings. The highest BCUT2D eigenvalue weighted by molar-refractivity contribution is 9.11. The van der Waals surface area contributed by atoms with E-state index < -0.39 is 0 Å². The standard InChI is InChI=1S/C15H14BrN3O2S/c16-14-6-5-13(22-14)12(21)9-19-11-4-2-1-3-10(11)18-15(19)17-7-8-20/h1-6,20H,7-9H2,(H,17,18). The molecule has 114 valence electrons. The van der Waals surface area contributed by atoms with Crippen LogP contribution in [0, 0.1) is 0 Å². The number of carbonyl (C=O) groups excluding carboxylic acids is 1. The zero-order valence-corrected chi connectivity index (χ0v) is 14.0. The van der Waals surface area contributed by atoms with Gasteiger partial charge in [-0.25, -0.2) is 4.98 Å². The number of hydrogen-bond acceptors (Lipinski definition) is 5. The predicted molar refractivity (Wildman–Crippen MR) is 91.7 cm³/mol. The van der Waals surface area contributed by atoms with Crippen molar-refractivity contribution in [1.29, 1.82) is 0 Å². The molecule has 22 heavy (non-hydrogen) atoms. The summed E-state index contributed by atoms with van der Waals surface area (Å²) in [6.45, 7) is 0.609. The number of anilines is 1. The molecular formula is C15H14BrN3O2S. The summed E-state index contributed by atoms with van der Waals surface area (Å²) in [4.78, 5) is 17.6. The van der Waals surface area contributed by atoms with Crippen molar-refractivity contribution in [2.24, 2.45) is 0 Å². The van der Waals surface area contributed by atoms with Crippen LogP contribution >= 0.6 is 27.3 Å². The van der Waals surface area contributed by atoms with Crippen molar-refractivity contribution in [2.75, 3.05) is 18.5 Å². The fraction of sp³-hybridized carbons (Fsp3) is 0.200. The van der Waals surface area contributed by atoms with Gasteiger partial charge in [0, 0.05) is 6.54 Å². The Hall–Kier alpha value is -1.70. The Kier molecular flexibility index (Phi) is 4.56. The van der Waals surface area contributed by atoms with Crippen LogP contribution in [0.2, 0.25) is 0 Å². The first kappa shape index (κ1) is 15.2. The molecule has 0 aliphatic carbocycles. The first-order valence-electron chi connectivity index (χ1n) is 6.77. The second-order valence-corrected chi connectivity index (χ2v) is 7.15. The van der Waals surface area contributed by atoms with Gasteiger partial charge in [0.1, 0.15) is 0 Å². The molecule has 2 aromatic heterocycles. The van der Waals surface area contributed by atoms with Crippen molar-refractivity contribution in [2.45, 2.75) is 6.54 Å². The lowest BCUT2D eigenvalue weighted by molar-refractivity contribution is 0.0978. The van der Waals surface area contributed by atoms with Crippen molar-refractivity contribution in [3.63, 3.8) is 0 Å². The van der Waals surface area contributed by atoms with Crippen molar-refractivity contribution in [3.05, 3.63) is 45.1 Å². The number of ketones is 1. The number of nitrogens with zero attached hydrogens (tertiary/aromatic N) is 2. The van der Waals surface area contributed by atoms with Gasteiger partial charge in [-0.1, -0.05) is 12.1 Å². The number of hydrogen-bond donors (Lipinski definition) is 2. The number of imidazole rings is 1. The number of rotatable bonds is 6. The summed E-state index contributed by atoms with van der Waals surface area (Å²) in [6, 6.07) is 11.4. The van der Waals surface area contributed by atoms with Crippen LogP contribution in [-0.2, 0) is 6.54 Å². The van der Waals surface area contributed by atoms with E-state index in [0.29, 0.717) is 17.4 Å². The summed E-state index contributed by atoms with van der Waals surface area (Å²) in [7, 11) is 0. The maximum atomic E-state index is 12.5. The van der Waals surface area contributed by atoms with Gasteiger partial charge in [-0.15, -0.1) is 11.3 Å². The first-order valence-corrected chi connectivity index (χ1v) is 8.38. The Morgan fingerprint density at radius 2 is 2.14 bits per heavy atom. The number of nitrogens with one attached hydrogen (secondary N) is 1. The number of halogens is 1. The fourth-order valence-corrected chi connectivity index (χ4v) is 3.54. The highest BCUT2D eigenvalue weighted by Gasteiger charge is 2.15. The molecule has 0 radical (unpaired) electrons. The zero-order chi connectivity index (χ0) is 15.5. The maximum absolute atomic E-state index is 12.5. The van der Waals surface area contributed by atoms with E-state index in [1.807, 2.05) is 41.0 Å². The van der Waals surface area contributed by atoms with Crippen LogP contribution in [-0.4, -0.2) is 33.6 Å². The Labute approximate surface area is 139 Å². The normalized spacial score (nSPS) is 11.0. The van der Waals surface area contributed by atoms with Gasteiger partial charge in [-0.2, -0.15) is 0 Å². The van der Waals surface area contributed by atoms with E-state index in [1.165, 1.54) is 11.3 Å². The molecule has 0 amide bonds. The van der Waals surface area contributed by atoms with Gasteiger partial charge in [0.2, 0.25) is 5.95 Å². The molecule has 3 rings (SSSR count). The lowest BCUT2D eigenvalue weighted by atomic mass is 10.3. The van der Waals surface area contributed by atoms with E-state index in [2.05, 4.69) is 26.2 Å². The summed E-state index contributed by atoms with van der Waals surface area (Å²) < 4.78 is 2.78. The van der Waals surface area contributed by atoms with E-state index in [-0.39, 0.29) is 18.9 Å². The number of aliphatic hydroxyl groups excluding tert-OH is 1. The lowest BCUT2D eigenvalue weighted by Crippen LogP contribution is -2.15. The number of fused-ring (bicyclic) bond motifs is 1.